The van der Waals surface area contributed by atoms with Crippen LogP contribution in [-0.4, -0.2) is 13.8 Å². The van der Waals surface area contributed by atoms with E-state index in [2.05, 4.69) is 21.2 Å². The highest BCUT2D eigenvalue weighted by molar-refractivity contribution is 9.10. The first-order chi connectivity index (χ1) is 6.27. The molecule has 0 fully saturated rings. The second-order valence-corrected chi connectivity index (χ2v) is 3.50. The lowest BCUT2D eigenvalue weighted by molar-refractivity contribution is 0.408. The molecule has 4 heteroatoms. The molecule has 0 spiro atoms. The molecule has 1 rings (SSSR count). The molecular weight excluding hydrogens is 232 g/mol. The maximum absolute atomic E-state index is 5.34. The summed E-state index contributed by atoms with van der Waals surface area (Å²) in [6, 6.07) is 5.89. The van der Waals surface area contributed by atoms with Crippen molar-refractivity contribution < 1.29 is 4.74 Å². The zero-order valence-electron chi connectivity index (χ0n) is 7.51. The van der Waals surface area contributed by atoms with Crippen LogP contribution in [-0.2, 0) is 6.54 Å². The third-order valence-corrected chi connectivity index (χ3v) is 2.20. The monoisotopic (exact) mass is 244 g/mol. The molecule has 0 unspecified atom stereocenters. The average molecular weight is 245 g/mol. The number of halogens is 1. The summed E-state index contributed by atoms with van der Waals surface area (Å²) in [5.74, 6) is 0.879. The first kappa shape index (κ1) is 10.5. The summed E-state index contributed by atoms with van der Waals surface area (Å²) < 4.78 is 6.24. The van der Waals surface area contributed by atoms with Crippen LogP contribution in [0.4, 0.5) is 0 Å². The lowest BCUT2D eigenvalue weighted by Crippen LogP contribution is -2.21. The van der Waals surface area contributed by atoms with Crippen LogP contribution in [0, 0.1) is 0 Å². The Morgan fingerprint density at radius 1 is 1.54 bits per heavy atom. The first-order valence-corrected chi connectivity index (χ1v) is 4.80. The molecule has 1 aromatic rings. The fraction of sp³-hybridized carbons (Fsp3) is 0.333. The number of methoxy groups -OCH3 is 1. The molecule has 72 valence electrons. The van der Waals surface area contributed by atoms with Gasteiger partial charge in [0.2, 0.25) is 0 Å². The zero-order valence-corrected chi connectivity index (χ0v) is 9.10. The van der Waals surface area contributed by atoms with Gasteiger partial charge in [0.25, 0.3) is 0 Å². The van der Waals surface area contributed by atoms with E-state index in [4.69, 9.17) is 10.5 Å². The van der Waals surface area contributed by atoms with E-state index in [9.17, 15) is 0 Å². The molecule has 0 aliphatic carbocycles. The van der Waals surface area contributed by atoms with Gasteiger partial charge in [-0.15, -0.1) is 0 Å². The molecule has 0 heterocycles. The van der Waals surface area contributed by atoms with Gasteiger partial charge in [0, 0.05) is 23.2 Å². The summed E-state index contributed by atoms with van der Waals surface area (Å²) >= 11 is 3.40. The number of ether oxygens (including phenoxy) is 1. The summed E-state index contributed by atoms with van der Waals surface area (Å²) in [6.45, 7) is 1.19. The van der Waals surface area contributed by atoms with E-state index < -0.39 is 0 Å². The zero-order chi connectivity index (χ0) is 9.68. The largest absolute Gasteiger partial charge is 0.496 e. The normalized spacial score (nSPS) is 10.1. The highest BCUT2D eigenvalue weighted by atomic mass is 79.9. The first-order valence-electron chi connectivity index (χ1n) is 4.01. The van der Waals surface area contributed by atoms with Crippen molar-refractivity contribution in [3.63, 3.8) is 0 Å². The van der Waals surface area contributed by atoms with Gasteiger partial charge in [-0.1, -0.05) is 15.9 Å². The topological polar surface area (TPSA) is 47.3 Å². The van der Waals surface area contributed by atoms with E-state index in [0.29, 0.717) is 6.67 Å². The van der Waals surface area contributed by atoms with Gasteiger partial charge in [-0.25, -0.2) is 0 Å². The summed E-state index contributed by atoms with van der Waals surface area (Å²) in [5.41, 5.74) is 6.44. The van der Waals surface area contributed by atoms with E-state index in [0.717, 1.165) is 22.3 Å². The van der Waals surface area contributed by atoms with Crippen LogP contribution >= 0.6 is 15.9 Å². The number of nitrogens with two attached hydrogens (primary N) is 1. The average Bonchev–Trinajstić information content (AvgIpc) is 2.15. The molecule has 0 atom stereocenters. The third kappa shape index (κ3) is 2.99. The van der Waals surface area contributed by atoms with Crippen molar-refractivity contribution in [1.82, 2.24) is 5.32 Å². The molecular formula is C9H13BrN2O. The summed E-state index contributed by atoms with van der Waals surface area (Å²) in [6.07, 6.45) is 0. The highest BCUT2D eigenvalue weighted by Crippen LogP contribution is 2.22. The minimum Gasteiger partial charge on any atom is -0.496 e. The fourth-order valence-corrected chi connectivity index (χ4v) is 1.50. The smallest absolute Gasteiger partial charge is 0.123 e. The summed E-state index contributed by atoms with van der Waals surface area (Å²) in [4.78, 5) is 0. The van der Waals surface area contributed by atoms with Gasteiger partial charge >= 0.3 is 0 Å². The SMILES string of the molecule is COc1ccc(Br)cc1CNCN. The van der Waals surface area contributed by atoms with Gasteiger partial charge in [-0.2, -0.15) is 0 Å². The molecule has 3 nitrogen and oxygen atoms in total. The van der Waals surface area contributed by atoms with Crippen molar-refractivity contribution in [2.45, 2.75) is 6.54 Å². The lowest BCUT2D eigenvalue weighted by atomic mass is 10.2. The van der Waals surface area contributed by atoms with Crippen molar-refractivity contribution in [3.8, 4) is 5.75 Å². The van der Waals surface area contributed by atoms with Gasteiger partial charge in [0.05, 0.1) is 7.11 Å². The Balaban J connectivity index is 2.81. The van der Waals surface area contributed by atoms with Gasteiger partial charge in [0.1, 0.15) is 5.75 Å². The molecule has 0 saturated heterocycles. The molecule has 0 aromatic heterocycles. The molecule has 0 amide bonds. The van der Waals surface area contributed by atoms with Crippen molar-refractivity contribution >= 4 is 15.9 Å². The molecule has 1 aromatic carbocycles. The molecule has 0 aliphatic rings. The Morgan fingerprint density at radius 3 is 2.92 bits per heavy atom. The van der Waals surface area contributed by atoms with Crippen molar-refractivity contribution in [1.29, 1.82) is 0 Å². The Bertz CT molecular complexity index is 278. The van der Waals surface area contributed by atoms with Crippen LogP contribution in [0.1, 0.15) is 5.56 Å². The quantitative estimate of drug-likeness (QED) is 0.789. The van der Waals surface area contributed by atoms with Crippen molar-refractivity contribution in [2.24, 2.45) is 5.73 Å². The van der Waals surface area contributed by atoms with Crippen LogP contribution in [0.5, 0.6) is 5.75 Å². The second kappa shape index (κ2) is 5.21. The van der Waals surface area contributed by atoms with E-state index in [1.807, 2.05) is 18.2 Å². The fourth-order valence-electron chi connectivity index (χ4n) is 1.09. The van der Waals surface area contributed by atoms with Crippen molar-refractivity contribution in [3.05, 3.63) is 28.2 Å². The van der Waals surface area contributed by atoms with E-state index in [1.54, 1.807) is 7.11 Å². The van der Waals surface area contributed by atoms with Crippen LogP contribution < -0.4 is 15.8 Å². The standard InChI is InChI=1S/C9H13BrN2O/c1-13-9-3-2-8(10)4-7(9)5-12-6-11/h2-4,12H,5-6,11H2,1H3. The maximum Gasteiger partial charge on any atom is 0.123 e. The molecule has 3 N–H and O–H groups in total. The Kier molecular flexibility index (Phi) is 4.21. The molecule has 0 aliphatic heterocycles. The van der Waals surface area contributed by atoms with E-state index >= 15 is 0 Å². The molecule has 13 heavy (non-hydrogen) atoms. The Hall–Kier alpha value is -0.580. The second-order valence-electron chi connectivity index (χ2n) is 2.59. The Morgan fingerprint density at radius 2 is 2.31 bits per heavy atom. The van der Waals surface area contributed by atoms with Crippen molar-refractivity contribution in [2.75, 3.05) is 13.8 Å². The summed E-state index contributed by atoms with van der Waals surface area (Å²) in [7, 11) is 1.66. The van der Waals surface area contributed by atoms with Gasteiger partial charge in [0.15, 0.2) is 0 Å². The number of hydrogen-bond donors (Lipinski definition) is 2. The predicted octanol–water partition coefficient (Wildman–Crippen LogP) is 1.46. The molecule has 0 radical (unpaired) electrons. The van der Waals surface area contributed by atoms with Gasteiger partial charge < -0.3 is 15.8 Å². The molecule has 0 bridgehead atoms. The van der Waals surface area contributed by atoms with Gasteiger partial charge in [-0.05, 0) is 18.2 Å². The van der Waals surface area contributed by atoms with Crippen LogP contribution in [0.2, 0.25) is 0 Å². The van der Waals surface area contributed by atoms with Gasteiger partial charge in [-0.3, -0.25) is 0 Å². The van der Waals surface area contributed by atoms with E-state index in [-0.39, 0.29) is 0 Å². The number of nitrogens with one attached hydrogen (secondary N) is 1. The number of hydrogen-bond acceptors (Lipinski definition) is 3. The Labute approximate surface area is 86.4 Å². The minimum absolute atomic E-state index is 0.468. The number of benzene rings is 1. The lowest BCUT2D eigenvalue weighted by Gasteiger charge is -2.08. The van der Waals surface area contributed by atoms with Crippen LogP contribution in [0.15, 0.2) is 22.7 Å². The van der Waals surface area contributed by atoms with E-state index in [1.165, 1.54) is 0 Å². The molecule has 0 saturated carbocycles. The minimum atomic E-state index is 0.468. The van der Waals surface area contributed by atoms with Crippen LogP contribution in [0.25, 0.3) is 0 Å². The predicted molar refractivity (Wildman–Crippen MR) is 56.6 cm³/mol. The van der Waals surface area contributed by atoms with Crippen LogP contribution in [0.3, 0.4) is 0 Å². The third-order valence-electron chi connectivity index (χ3n) is 1.70. The number of rotatable bonds is 4. The maximum atomic E-state index is 5.34. The highest BCUT2D eigenvalue weighted by Gasteiger charge is 2.01. The summed E-state index contributed by atoms with van der Waals surface area (Å²) in [5, 5.41) is 3.04.